The third-order valence-corrected chi connectivity index (χ3v) is 7.36. The zero-order valence-electron chi connectivity index (χ0n) is 23.5. The van der Waals surface area contributed by atoms with Gasteiger partial charge in [-0.15, -0.1) is 0 Å². The Labute approximate surface area is 234 Å². The van der Waals surface area contributed by atoms with Crippen LogP contribution in [0.1, 0.15) is 80.9 Å². The van der Waals surface area contributed by atoms with Crippen LogP contribution in [-0.4, -0.2) is 54.9 Å². The molecule has 6 unspecified atom stereocenters. The molecule has 40 heavy (non-hydrogen) atoms. The third-order valence-electron chi connectivity index (χ3n) is 7.36. The first-order valence-corrected chi connectivity index (χ1v) is 13.6. The van der Waals surface area contributed by atoms with E-state index in [1.807, 2.05) is 18.2 Å². The maximum atomic E-state index is 12.2. The number of carbonyl (C=O) groups excluding carboxylic acids is 4. The summed E-state index contributed by atoms with van der Waals surface area (Å²) in [5.74, 6) is -2.30. The standard InChI is InChI=1S/C31H36O9/c1-6-21-7-9-22(10-8-21)25-14-13-23-11-12-24(15-26(23)25)28-30(38-19(4)34)31(39-20(5)35)29(37-18(3)33)27(40-28)16-36-17(2)32/h7-12,15,25,27-31H,6,13-14,16H2,1-5H3. The highest BCUT2D eigenvalue weighted by Gasteiger charge is 2.52. The molecular formula is C31H36O9. The van der Waals surface area contributed by atoms with E-state index in [1.165, 1.54) is 44.4 Å². The van der Waals surface area contributed by atoms with Crippen molar-refractivity contribution in [3.63, 3.8) is 0 Å². The molecule has 0 bridgehead atoms. The minimum atomic E-state index is -1.20. The van der Waals surface area contributed by atoms with Gasteiger partial charge < -0.3 is 23.7 Å². The van der Waals surface area contributed by atoms with E-state index >= 15 is 0 Å². The zero-order chi connectivity index (χ0) is 29.0. The van der Waals surface area contributed by atoms with Crippen molar-refractivity contribution in [1.29, 1.82) is 0 Å². The quantitative estimate of drug-likeness (QED) is 0.352. The summed E-state index contributed by atoms with van der Waals surface area (Å²) >= 11 is 0. The SMILES string of the molecule is CCc1ccc(C2CCc3ccc(C4OC(COC(C)=O)C(OC(C)=O)C(OC(C)=O)C4OC(C)=O)cc32)cc1. The van der Waals surface area contributed by atoms with E-state index in [0.717, 1.165) is 24.8 Å². The van der Waals surface area contributed by atoms with Crippen molar-refractivity contribution in [2.24, 2.45) is 0 Å². The summed E-state index contributed by atoms with van der Waals surface area (Å²) in [5.41, 5.74) is 5.56. The molecule has 4 rings (SSSR count). The predicted octanol–water partition coefficient (Wildman–Crippen LogP) is 4.13. The fraction of sp³-hybridized carbons (Fsp3) is 0.484. The average molecular weight is 553 g/mol. The Balaban J connectivity index is 1.76. The second kappa shape index (κ2) is 12.6. The molecule has 0 N–H and O–H groups in total. The largest absolute Gasteiger partial charge is 0.463 e. The number of rotatable bonds is 8. The highest BCUT2D eigenvalue weighted by molar-refractivity contribution is 5.69. The summed E-state index contributed by atoms with van der Waals surface area (Å²) in [6.45, 7) is 6.77. The summed E-state index contributed by atoms with van der Waals surface area (Å²) in [6.07, 6.45) is -2.53. The summed E-state index contributed by atoms with van der Waals surface area (Å²) in [6, 6.07) is 14.6. The topological polar surface area (TPSA) is 114 Å². The van der Waals surface area contributed by atoms with Crippen molar-refractivity contribution in [3.05, 3.63) is 70.3 Å². The molecule has 1 saturated heterocycles. The van der Waals surface area contributed by atoms with Gasteiger partial charge in [-0.1, -0.05) is 49.4 Å². The van der Waals surface area contributed by atoms with Crippen LogP contribution in [0.4, 0.5) is 0 Å². The number of esters is 4. The number of hydrogen-bond acceptors (Lipinski definition) is 9. The molecule has 214 valence electrons. The smallest absolute Gasteiger partial charge is 0.303 e. The van der Waals surface area contributed by atoms with Gasteiger partial charge in [0.1, 0.15) is 18.8 Å². The molecule has 0 saturated carbocycles. The molecule has 1 fully saturated rings. The van der Waals surface area contributed by atoms with Gasteiger partial charge in [0.05, 0.1) is 0 Å². The minimum Gasteiger partial charge on any atom is -0.463 e. The van der Waals surface area contributed by atoms with Crippen molar-refractivity contribution in [3.8, 4) is 0 Å². The lowest BCUT2D eigenvalue weighted by Gasteiger charge is -2.44. The van der Waals surface area contributed by atoms with Crippen LogP contribution in [0.25, 0.3) is 0 Å². The second-order valence-electron chi connectivity index (χ2n) is 10.3. The van der Waals surface area contributed by atoms with Gasteiger partial charge in [0, 0.05) is 33.6 Å². The normalized spacial score (nSPS) is 25.4. The number of carbonyl (C=O) groups is 4. The Hall–Kier alpha value is -3.72. The van der Waals surface area contributed by atoms with Crippen LogP contribution in [0.5, 0.6) is 0 Å². The van der Waals surface area contributed by atoms with E-state index in [1.54, 1.807) is 0 Å². The number of fused-ring (bicyclic) bond motifs is 1. The highest BCUT2D eigenvalue weighted by Crippen LogP contribution is 2.43. The number of benzene rings is 2. The Kier molecular flexibility index (Phi) is 9.25. The summed E-state index contributed by atoms with van der Waals surface area (Å²) in [7, 11) is 0. The summed E-state index contributed by atoms with van der Waals surface area (Å²) in [5, 5.41) is 0. The summed E-state index contributed by atoms with van der Waals surface area (Å²) < 4.78 is 28.3. The monoisotopic (exact) mass is 552 g/mol. The fourth-order valence-corrected chi connectivity index (χ4v) is 5.63. The van der Waals surface area contributed by atoms with Crippen LogP contribution >= 0.6 is 0 Å². The molecule has 1 aliphatic carbocycles. The summed E-state index contributed by atoms with van der Waals surface area (Å²) in [4.78, 5) is 48.0. The fourth-order valence-electron chi connectivity index (χ4n) is 5.63. The Morgan fingerprint density at radius 3 is 1.98 bits per heavy atom. The first-order chi connectivity index (χ1) is 19.1. The molecule has 2 aromatic rings. The molecule has 0 spiro atoms. The van der Waals surface area contributed by atoms with E-state index in [2.05, 4.69) is 31.2 Å². The van der Waals surface area contributed by atoms with Crippen molar-refractivity contribution in [2.75, 3.05) is 6.61 Å². The number of ether oxygens (including phenoxy) is 5. The van der Waals surface area contributed by atoms with Crippen LogP contribution in [0.15, 0.2) is 42.5 Å². The van der Waals surface area contributed by atoms with Gasteiger partial charge in [0.25, 0.3) is 0 Å². The maximum Gasteiger partial charge on any atom is 0.303 e. The molecule has 6 atom stereocenters. The van der Waals surface area contributed by atoms with Gasteiger partial charge in [-0.2, -0.15) is 0 Å². The van der Waals surface area contributed by atoms with Gasteiger partial charge >= 0.3 is 23.9 Å². The third kappa shape index (κ3) is 6.70. The minimum absolute atomic E-state index is 0.187. The lowest BCUT2D eigenvalue weighted by Crippen LogP contribution is -2.59. The van der Waals surface area contributed by atoms with Crippen LogP contribution in [-0.2, 0) is 55.7 Å². The predicted molar refractivity (Wildman–Crippen MR) is 143 cm³/mol. The molecule has 2 aromatic carbocycles. The van der Waals surface area contributed by atoms with Crippen LogP contribution in [0, 0.1) is 0 Å². The van der Waals surface area contributed by atoms with Gasteiger partial charge in [-0.05, 0) is 47.1 Å². The van der Waals surface area contributed by atoms with E-state index < -0.39 is 54.4 Å². The first-order valence-electron chi connectivity index (χ1n) is 13.6. The van der Waals surface area contributed by atoms with E-state index in [-0.39, 0.29) is 12.5 Å². The van der Waals surface area contributed by atoms with Crippen molar-refractivity contribution in [2.45, 2.75) is 90.3 Å². The van der Waals surface area contributed by atoms with Gasteiger partial charge in [0.15, 0.2) is 18.3 Å². The van der Waals surface area contributed by atoms with E-state index in [9.17, 15) is 19.2 Å². The Bertz CT molecular complexity index is 1250. The number of hydrogen-bond donors (Lipinski definition) is 0. The lowest BCUT2D eigenvalue weighted by molar-refractivity contribution is -0.254. The molecule has 0 aromatic heterocycles. The molecule has 9 nitrogen and oxygen atoms in total. The van der Waals surface area contributed by atoms with Crippen LogP contribution in [0.3, 0.4) is 0 Å². The van der Waals surface area contributed by atoms with Gasteiger partial charge in [0.2, 0.25) is 0 Å². The maximum absolute atomic E-state index is 12.2. The molecular weight excluding hydrogens is 516 g/mol. The average Bonchev–Trinajstić information content (AvgIpc) is 3.32. The Morgan fingerprint density at radius 2 is 1.38 bits per heavy atom. The van der Waals surface area contributed by atoms with E-state index in [4.69, 9.17) is 23.7 Å². The zero-order valence-corrected chi connectivity index (χ0v) is 23.5. The molecule has 0 radical (unpaired) electrons. The number of aryl methyl sites for hydroxylation is 2. The van der Waals surface area contributed by atoms with Gasteiger partial charge in [-0.3, -0.25) is 19.2 Å². The first kappa shape index (κ1) is 29.3. The van der Waals surface area contributed by atoms with Crippen molar-refractivity contribution >= 4 is 23.9 Å². The lowest BCUT2D eigenvalue weighted by atomic mass is 9.87. The Morgan fingerprint density at radius 1 is 0.775 bits per heavy atom. The molecule has 1 aliphatic heterocycles. The molecule has 9 heteroatoms. The molecule has 0 amide bonds. The van der Waals surface area contributed by atoms with Crippen molar-refractivity contribution in [1.82, 2.24) is 0 Å². The van der Waals surface area contributed by atoms with Crippen LogP contribution < -0.4 is 0 Å². The highest BCUT2D eigenvalue weighted by atomic mass is 16.7. The molecule has 1 heterocycles. The van der Waals surface area contributed by atoms with Crippen molar-refractivity contribution < 1.29 is 42.9 Å². The second-order valence-corrected chi connectivity index (χ2v) is 10.3. The van der Waals surface area contributed by atoms with Gasteiger partial charge in [-0.25, -0.2) is 0 Å². The van der Waals surface area contributed by atoms with Crippen LogP contribution in [0.2, 0.25) is 0 Å². The van der Waals surface area contributed by atoms with E-state index in [0.29, 0.717) is 5.56 Å². The molecule has 2 aliphatic rings.